The van der Waals surface area contributed by atoms with Crippen molar-refractivity contribution in [1.29, 1.82) is 0 Å². The zero-order chi connectivity index (χ0) is 12.3. The fourth-order valence-electron chi connectivity index (χ4n) is 2.01. The molecule has 5 heteroatoms. The topological polar surface area (TPSA) is 48.3 Å². The molecule has 2 heterocycles. The van der Waals surface area contributed by atoms with Gasteiger partial charge in [-0.1, -0.05) is 0 Å². The molecule has 0 radical (unpaired) electrons. The van der Waals surface area contributed by atoms with Crippen LogP contribution < -0.4 is 5.32 Å². The first-order valence-corrected chi connectivity index (χ1v) is 6.07. The van der Waals surface area contributed by atoms with Gasteiger partial charge in [-0.25, -0.2) is 0 Å². The molecule has 1 N–H and O–H groups in total. The van der Waals surface area contributed by atoms with E-state index in [4.69, 9.17) is 9.47 Å². The molecule has 2 rings (SSSR count). The zero-order valence-corrected chi connectivity index (χ0v) is 10.8. The van der Waals surface area contributed by atoms with Crippen molar-refractivity contribution in [3.63, 3.8) is 0 Å². The number of nitrogens with zero attached hydrogens (tertiary/aromatic N) is 2. The molecule has 0 aliphatic carbocycles. The van der Waals surface area contributed by atoms with E-state index in [1.807, 2.05) is 31.8 Å². The van der Waals surface area contributed by atoms with E-state index in [0.29, 0.717) is 6.61 Å². The zero-order valence-electron chi connectivity index (χ0n) is 10.8. The Labute approximate surface area is 102 Å². The smallest absolute Gasteiger partial charge is 0.163 e. The molecule has 5 nitrogen and oxygen atoms in total. The first kappa shape index (κ1) is 12.5. The summed E-state index contributed by atoms with van der Waals surface area (Å²) in [7, 11) is 1.93. The van der Waals surface area contributed by atoms with Gasteiger partial charge in [0, 0.05) is 24.8 Å². The highest BCUT2D eigenvalue weighted by Crippen LogP contribution is 2.24. The Bertz CT molecular complexity index is 362. The van der Waals surface area contributed by atoms with E-state index < -0.39 is 5.79 Å². The van der Waals surface area contributed by atoms with E-state index in [0.717, 1.165) is 19.5 Å². The summed E-state index contributed by atoms with van der Waals surface area (Å²) in [5.41, 5.74) is 1.21. The number of rotatable bonds is 5. The molecule has 0 saturated carbocycles. The van der Waals surface area contributed by atoms with Crippen molar-refractivity contribution < 1.29 is 9.47 Å². The van der Waals surface area contributed by atoms with Crippen molar-refractivity contribution in [3.8, 4) is 0 Å². The van der Waals surface area contributed by atoms with Crippen LogP contribution in [0.25, 0.3) is 0 Å². The quantitative estimate of drug-likeness (QED) is 0.837. The van der Waals surface area contributed by atoms with Crippen molar-refractivity contribution in [1.82, 2.24) is 15.1 Å². The molecule has 1 aromatic heterocycles. The highest BCUT2D eigenvalue weighted by molar-refractivity contribution is 5.02. The molecular formula is C12H21N3O2. The number of hydrogen-bond acceptors (Lipinski definition) is 4. The molecule has 17 heavy (non-hydrogen) atoms. The molecule has 1 aliphatic heterocycles. The first-order valence-electron chi connectivity index (χ1n) is 6.07. The summed E-state index contributed by atoms with van der Waals surface area (Å²) in [6.07, 6.45) is 5.08. The van der Waals surface area contributed by atoms with Gasteiger partial charge in [0.1, 0.15) is 0 Å². The van der Waals surface area contributed by atoms with E-state index in [1.165, 1.54) is 5.56 Å². The molecule has 1 aromatic rings. The van der Waals surface area contributed by atoms with Gasteiger partial charge in [0.2, 0.25) is 0 Å². The normalized spacial score (nSPS) is 23.1. The van der Waals surface area contributed by atoms with Crippen LogP contribution in [0.5, 0.6) is 0 Å². The highest BCUT2D eigenvalue weighted by atomic mass is 16.7. The minimum Gasteiger partial charge on any atom is -0.348 e. The third-order valence-electron chi connectivity index (χ3n) is 2.82. The van der Waals surface area contributed by atoms with Gasteiger partial charge in [-0.15, -0.1) is 0 Å². The number of nitrogens with one attached hydrogen (secondary N) is 1. The Kier molecular flexibility index (Phi) is 3.81. The lowest BCUT2D eigenvalue weighted by Gasteiger charge is -2.16. The molecule has 1 unspecified atom stereocenters. The van der Waals surface area contributed by atoms with E-state index in [2.05, 4.69) is 16.6 Å². The Morgan fingerprint density at radius 1 is 1.59 bits per heavy atom. The van der Waals surface area contributed by atoms with Crippen LogP contribution in [0.4, 0.5) is 0 Å². The summed E-state index contributed by atoms with van der Waals surface area (Å²) in [6.45, 7) is 6.30. The third-order valence-corrected chi connectivity index (χ3v) is 2.82. The molecule has 0 spiro atoms. The fourth-order valence-corrected chi connectivity index (χ4v) is 2.01. The number of aryl methyl sites for hydroxylation is 1. The number of ether oxygens (including phenoxy) is 2. The molecule has 1 atom stereocenters. The summed E-state index contributed by atoms with van der Waals surface area (Å²) in [6, 6.07) is 0. The summed E-state index contributed by atoms with van der Waals surface area (Å²) in [5.74, 6) is -0.425. The lowest BCUT2D eigenvalue weighted by atomic mass is 10.2. The van der Waals surface area contributed by atoms with Crippen LogP contribution >= 0.6 is 0 Å². The van der Waals surface area contributed by atoms with Gasteiger partial charge in [-0.05, 0) is 27.3 Å². The lowest BCUT2D eigenvalue weighted by Crippen LogP contribution is -2.22. The minimum absolute atomic E-state index is 0.182. The largest absolute Gasteiger partial charge is 0.348 e. The van der Waals surface area contributed by atoms with Gasteiger partial charge in [-0.2, -0.15) is 5.10 Å². The maximum atomic E-state index is 5.75. The van der Waals surface area contributed by atoms with Crippen LogP contribution in [0, 0.1) is 0 Å². The maximum Gasteiger partial charge on any atom is 0.163 e. The molecule has 0 aromatic carbocycles. The van der Waals surface area contributed by atoms with Gasteiger partial charge in [0.15, 0.2) is 5.79 Å². The van der Waals surface area contributed by atoms with Gasteiger partial charge in [-0.3, -0.25) is 4.68 Å². The summed E-state index contributed by atoms with van der Waals surface area (Å²) in [4.78, 5) is 0. The van der Waals surface area contributed by atoms with Gasteiger partial charge >= 0.3 is 0 Å². The van der Waals surface area contributed by atoms with E-state index in [-0.39, 0.29) is 6.10 Å². The molecular weight excluding hydrogens is 218 g/mol. The van der Waals surface area contributed by atoms with E-state index >= 15 is 0 Å². The molecule has 1 fully saturated rings. The van der Waals surface area contributed by atoms with Crippen molar-refractivity contribution in [2.45, 2.75) is 45.2 Å². The van der Waals surface area contributed by atoms with Crippen LogP contribution in [0.2, 0.25) is 0 Å². The third kappa shape index (κ3) is 3.52. The predicted octanol–water partition coefficient (Wildman–Crippen LogP) is 1.14. The average molecular weight is 239 g/mol. The van der Waals surface area contributed by atoms with Crippen LogP contribution in [0.3, 0.4) is 0 Å². The Hall–Kier alpha value is -0.910. The second kappa shape index (κ2) is 5.16. The predicted molar refractivity (Wildman–Crippen MR) is 64.5 cm³/mol. The summed E-state index contributed by atoms with van der Waals surface area (Å²) in [5, 5.41) is 7.42. The summed E-state index contributed by atoms with van der Waals surface area (Å²) >= 11 is 0. The maximum absolute atomic E-state index is 5.75. The van der Waals surface area contributed by atoms with Crippen LogP contribution in [-0.4, -0.2) is 35.3 Å². The van der Waals surface area contributed by atoms with Crippen molar-refractivity contribution >= 4 is 0 Å². The number of hydrogen-bond donors (Lipinski definition) is 1. The van der Waals surface area contributed by atoms with Gasteiger partial charge in [0.05, 0.1) is 18.9 Å². The minimum atomic E-state index is -0.425. The van der Waals surface area contributed by atoms with Crippen LogP contribution in [0.15, 0.2) is 12.4 Å². The lowest BCUT2D eigenvalue weighted by molar-refractivity contribution is -0.139. The molecule has 96 valence electrons. The van der Waals surface area contributed by atoms with Crippen molar-refractivity contribution in [3.05, 3.63) is 18.0 Å². The van der Waals surface area contributed by atoms with Crippen LogP contribution in [-0.2, 0) is 22.6 Å². The fraction of sp³-hybridized carbons (Fsp3) is 0.750. The summed E-state index contributed by atoms with van der Waals surface area (Å²) < 4.78 is 13.2. The Morgan fingerprint density at radius 3 is 3.06 bits per heavy atom. The molecule has 1 saturated heterocycles. The van der Waals surface area contributed by atoms with E-state index in [9.17, 15) is 0 Å². The Morgan fingerprint density at radius 2 is 2.41 bits per heavy atom. The van der Waals surface area contributed by atoms with Crippen LogP contribution in [0.1, 0.15) is 25.8 Å². The highest BCUT2D eigenvalue weighted by Gasteiger charge is 2.32. The molecule has 0 amide bonds. The monoisotopic (exact) mass is 239 g/mol. The van der Waals surface area contributed by atoms with Gasteiger partial charge in [0.25, 0.3) is 0 Å². The van der Waals surface area contributed by atoms with Gasteiger partial charge < -0.3 is 14.8 Å². The van der Waals surface area contributed by atoms with Crippen molar-refractivity contribution in [2.75, 3.05) is 13.7 Å². The van der Waals surface area contributed by atoms with Crippen molar-refractivity contribution in [2.24, 2.45) is 0 Å². The van der Waals surface area contributed by atoms with E-state index in [1.54, 1.807) is 0 Å². The molecule has 1 aliphatic rings. The average Bonchev–Trinajstić information content (AvgIpc) is 2.83. The number of aromatic nitrogens is 2. The second-order valence-corrected chi connectivity index (χ2v) is 4.88. The standard InChI is InChI=1S/C12H21N3O2/c1-12(2)16-9-11(17-12)4-5-15-8-10(6-13-3)7-14-15/h7-8,11,13H,4-6,9H2,1-3H3. The second-order valence-electron chi connectivity index (χ2n) is 4.88. The first-order chi connectivity index (χ1) is 8.09. The molecule has 0 bridgehead atoms. The SMILES string of the molecule is CNCc1cnn(CCC2COC(C)(C)O2)c1. The Balaban J connectivity index is 1.78.